The fourth-order valence-electron chi connectivity index (χ4n) is 4.34. The molecule has 4 heteroatoms. The molecule has 2 aliphatic rings. The molecule has 0 heterocycles. The lowest BCUT2D eigenvalue weighted by Gasteiger charge is -2.30. The van der Waals surface area contributed by atoms with E-state index < -0.39 is 0 Å². The minimum atomic E-state index is 0.0948. The molecule has 0 aromatic heterocycles. The summed E-state index contributed by atoms with van der Waals surface area (Å²) in [5.74, 6) is 1.91. The van der Waals surface area contributed by atoms with Crippen molar-refractivity contribution < 1.29 is 14.3 Å². The molecule has 0 atom stereocenters. The minimum Gasteiger partial charge on any atom is -0.465 e. The number of rotatable bonds is 9. The molecule has 2 rings (SSSR count). The molecule has 0 aliphatic heterocycles. The number of nitrogens with one attached hydrogen (secondary N) is 1. The van der Waals surface area contributed by atoms with Crippen molar-refractivity contribution in [1.29, 1.82) is 0 Å². The third-order valence-electron chi connectivity index (χ3n) is 6.04. The van der Waals surface area contributed by atoms with Crippen LogP contribution in [0.15, 0.2) is 0 Å². The molecule has 0 aromatic carbocycles. The first-order chi connectivity index (χ1) is 11.7. The lowest BCUT2D eigenvalue weighted by atomic mass is 9.79. The van der Waals surface area contributed by atoms with Crippen molar-refractivity contribution >= 4 is 12.4 Å². The van der Waals surface area contributed by atoms with Crippen molar-refractivity contribution in [2.75, 3.05) is 6.54 Å². The SMILES string of the molecule is CCCCCC1CCC(C(=O)NCC2CCC(OC=O)CC2)CC1. The zero-order valence-corrected chi connectivity index (χ0v) is 15.3. The van der Waals surface area contributed by atoms with Gasteiger partial charge in [0.25, 0.3) is 6.47 Å². The first kappa shape index (κ1) is 19.3. The largest absolute Gasteiger partial charge is 0.465 e. The van der Waals surface area contributed by atoms with Gasteiger partial charge in [-0.05, 0) is 63.2 Å². The van der Waals surface area contributed by atoms with E-state index in [4.69, 9.17) is 4.74 Å². The molecule has 2 saturated carbocycles. The van der Waals surface area contributed by atoms with Crippen LogP contribution in [-0.2, 0) is 14.3 Å². The summed E-state index contributed by atoms with van der Waals surface area (Å²) < 4.78 is 5.03. The van der Waals surface area contributed by atoms with Crippen molar-refractivity contribution in [1.82, 2.24) is 5.32 Å². The van der Waals surface area contributed by atoms with Crippen molar-refractivity contribution in [2.24, 2.45) is 17.8 Å². The van der Waals surface area contributed by atoms with Gasteiger partial charge in [-0.1, -0.05) is 32.6 Å². The quantitative estimate of drug-likeness (QED) is 0.506. The lowest BCUT2D eigenvalue weighted by molar-refractivity contribution is -0.135. The summed E-state index contributed by atoms with van der Waals surface area (Å²) in [5, 5.41) is 3.19. The molecule has 0 saturated heterocycles. The molecular weight excluding hydrogens is 302 g/mol. The Hall–Kier alpha value is -1.06. The highest BCUT2D eigenvalue weighted by atomic mass is 16.5. The molecule has 1 amide bonds. The monoisotopic (exact) mass is 337 g/mol. The van der Waals surface area contributed by atoms with E-state index in [1.807, 2.05) is 0 Å². The van der Waals surface area contributed by atoms with Gasteiger partial charge in [-0.2, -0.15) is 0 Å². The molecule has 138 valence electrons. The highest BCUT2D eigenvalue weighted by Gasteiger charge is 2.27. The minimum absolute atomic E-state index is 0.0948. The second-order valence-electron chi connectivity index (χ2n) is 7.83. The number of ether oxygens (including phenoxy) is 1. The molecule has 0 spiro atoms. The number of carbonyl (C=O) groups is 2. The molecule has 0 unspecified atom stereocenters. The Bertz CT molecular complexity index is 369. The van der Waals surface area contributed by atoms with E-state index in [1.165, 1.54) is 38.5 Å². The molecule has 0 bridgehead atoms. The Morgan fingerprint density at radius 1 is 1.00 bits per heavy atom. The number of amides is 1. The van der Waals surface area contributed by atoms with Gasteiger partial charge < -0.3 is 10.1 Å². The maximum Gasteiger partial charge on any atom is 0.293 e. The van der Waals surface area contributed by atoms with Crippen LogP contribution in [0.25, 0.3) is 0 Å². The van der Waals surface area contributed by atoms with Gasteiger partial charge in [0.15, 0.2) is 0 Å². The molecule has 1 N–H and O–H groups in total. The van der Waals surface area contributed by atoms with E-state index >= 15 is 0 Å². The van der Waals surface area contributed by atoms with Crippen LogP contribution in [0.5, 0.6) is 0 Å². The summed E-state index contributed by atoms with van der Waals surface area (Å²) in [4.78, 5) is 22.8. The van der Waals surface area contributed by atoms with Gasteiger partial charge >= 0.3 is 0 Å². The van der Waals surface area contributed by atoms with E-state index in [-0.39, 0.29) is 17.9 Å². The number of hydrogen-bond acceptors (Lipinski definition) is 3. The van der Waals surface area contributed by atoms with Crippen LogP contribution in [0.4, 0.5) is 0 Å². The average molecular weight is 338 g/mol. The summed E-state index contributed by atoms with van der Waals surface area (Å²) in [6.07, 6.45) is 14.0. The maximum atomic E-state index is 12.4. The van der Waals surface area contributed by atoms with Crippen LogP contribution in [0, 0.1) is 17.8 Å². The molecular formula is C20H35NO3. The van der Waals surface area contributed by atoms with E-state index in [0.717, 1.165) is 51.0 Å². The topological polar surface area (TPSA) is 55.4 Å². The van der Waals surface area contributed by atoms with Gasteiger partial charge in [0, 0.05) is 12.5 Å². The van der Waals surface area contributed by atoms with Crippen LogP contribution >= 0.6 is 0 Å². The normalized spacial score (nSPS) is 30.5. The average Bonchev–Trinajstić information content (AvgIpc) is 2.62. The zero-order chi connectivity index (χ0) is 17.2. The van der Waals surface area contributed by atoms with Gasteiger partial charge in [0.05, 0.1) is 0 Å². The summed E-state index contributed by atoms with van der Waals surface area (Å²) in [6, 6.07) is 0. The molecule has 0 radical (unpaired) electrons. The molecule has 2 aliphatic carbocycles. The first-order valence-corrected chi connectivity index (χ1v) is 10.1. The van der Waals surface area contributed by atoms with Crippen molar-refractivity contribution in [3.05, 3.63) is 0 Å². The highest BCUT2D eigenvalue weighted by molar-refractivity contribution is 5.78. The van der Waals surface area contributed by atoms with Crippen LogP contribution < -0.4 is 5.32 Å². The van der Waals surface area contributed by atoms with Gasteiger partial charge in [-0.15, -0.1) is 0 Å². The van der Waals surface area contributed by atoms with Crippen molar-refractivity contribution in [2.45, 2.75) is 90.1 Å². The molecule has 2 fully saturated rings. The first-order valence-electron chi connectivity index (χ1n) is 10.1. The van der Waals surface area contributed by atoms with Crippen molar-refractivity contribution in [3.63, 3.8) is 0 Å². The predicted octanol–water partition coefficient (Wildman–Crippen LogP) is 4.22. The summed E-state index contributed by atoms with van der Waals surface area (Å²) in [7, 11) is 0. The summed E-state index contributed by atoms with van der Waals surface area (Å²) >= 11 is 0. The van der Waals surface area contributed by atoms with Gasteiger partial charge in [0.1, 0.15) is 6.10 Å². The standard InChI is InChI=1S/C20H35NO3/c1-2-3-4-5-16-6-10-18(11-7-16)20(23)21-14-17-8-12-19(13-9-17)24-15-22/h15-19H,2-14H2,1H3,(H,21,23). The zero-order valence-electron chi connectivity index (χ0n) is 15.3. The number of carbonyl (C=O) groups excluding carboxylic acids is 2. The Kier molecular flexibility index (Phi) is 8.62. The van der Waals surface area contributed by atoms with Crippen LogP contribution in [-0.4, -0.2) is 25.0 Å². The highest BCUT2D eigenvalue weighted by Crippen LogP contribution is 2.32. The maximum absolute atomic E-state index is 12.4. The van der Waals surface area contributed by atoms with E-state index in [9.17, 15) is 9.59 Å². The summed E-state index contributed by atoms with van der Waals surface area (Å²) in [5.41, 5.74) is 0. The Morgan fingerprint density at radius 2 is 1.67 bits per heavy atom. The smallest absolute Gasteiger partial charge is 0.293 e. The third kappa shape index (κ3) is 6.45. The molecule has 4 nitrogen and oxygen atoms in total. The molecule has 0 aromatic rings. The van der Waals surface area contributed by atoms with Crippen LogP contribution in [0.1, 0.15) is 84.0 Å². The third-order valence-corrected chi connectivity index (χ3v) is 6.04. The predicted molar refractivity (Wildman–Crippen MR) is 95.5 cm³/mol. The van der Waals surface area contributed by atoms with Crippen molar-refractivity contribution in [3.8, 4) is 0 Å². The van der Waals surface area contributed by atoms with Crippen LogP contribution in [0.3, 0.4) is 0 Å². The summed E-state index contributed by atoms with van der Waals surface area (Å²) in [6.45, 7) is 3.61. The van der Waals surface area contributed by atoms with E-state index in [1.54, 1.807) is 0 Å². The van der Waals surface area contributed by atoms with Gasteiger partial charge in [-0.25, -0.2) is 0 Å². The van der Waals surface area contributed by atoms with E-state index in [0.29, 0.717) is 12.4 Å². The number of unbranched alkanes of at least 4 members (excludes halogenated alkanes) is 2. The Labute approximate surface area is 147 Å². The molecule has 24 heavy (non-hydrogen) atoms. The Balaban J connectivity index is 1.58. The fourth-order valence-corrected chi connectivity index (χ4v) is 4.34. The second-order valence-corrected chi connectivity index (χ2v) is 7.83. The Morgan fingerprint density at radius 3 is 2.29 bits per heavy atom. The second kappa shape index (κ2) is 10.7. The van der Waals surface area contributed by atoms with Gasteiger partial charge in [0.2, 0.25) is 5.91 Å². The lowest BCUT2D eigenvalue weighted by Crippen LogP contribution is -2.37. The van der Waals surface area contributed by atoms with E-state index in [2.05, 4.69) is 12.2 Å². The fraction of sp³-hybridized carbons (Fsp3) is 0.900. The number of hydrogen-bond donors (Lipinski definition) is 1. The van der Waals surface area contributed by atoms with Crippen LogP contribution in [0.2, 0.25) is 0 Å². The van der Waals surface area contributed by atoms with Gasteiger partial charge in [-0.3, -0.25) is 9.59 Å².